The number of urea groups is 1. The fourth-order valence-corrected chi connectivity index (χ4v) is 3.33. The van der Waals surface area contributed by atoms with Crippen LogP contribution in [0.25, 0.3) is 0 Å². The van der Waals surface area contributed by atoms with Gasteiger partial charge in [-0.1, -0.05) is 0 Å². The second kappa shape index (κ2) is 3.75. The van der Waals surface area contributed by atoms with Crippen molar-refractivity contribution in [3.63, 3.8) is 0 Å². The lowest BCUT2D eigenvalue weighted by Crippen LogP contribution is -2.41. The average molecular weight is 222 g/mol. The summed E-state index contributed by atoms with van der Waals surface area (Å²) in [4.78, 5) is 27.3. The van der Waals surface area contributed by atoms with Crippen LogP contribution in [-0.2, 0) is 4.79 Å². The van der Waals surface area contributed by atoms with Crippen molar-refractivity contribution in [3.05, 3.63) is 0 Å². The Morgan fingerprint density at radius 1 is 1.00 bits per heavy atom. The highest BCUT2D eigenvalue weighted by Crippen LogP contribution is 2.36. The van der Waals surface area contributed by atoms with E-state index in [2.05, 4.69) is 0 Å². The Bertz CT molecular complexity index is 307. The molecule has 3 fully saturated rings. The summed E-state index contributed by atoms with van der Waals surface area (Å²) in [6, 6.07) is 0.208. The standard InChI is InChI=1S/C12H18N2O2/c15-11-5-9-7-14(8-10(9)6-11)12(16)13-3-1-2-4-13/h9-10H,1-8H2/t9-,10+. The van der Waals surface area contributed by atoms with Crippen molar-refractivity contribution < 1.29 is 9.59 Å². The van der Waals surface area contributed by atoms with Gasteiger partial charge in [0.25, 0.3) is 0 Å². The molecule has 3 aliphatic rings. The number of ketones is 1. The highest BCUT2D eigenvalue weighted by atomic mass is 16.2. The number of carbonyl (C=O) groups excluding carboxylic acids is 2. The van der Waals surface area contributed by atoms with E-state index in [9.17, 15) is 9.59 Å². The number of nitrogens with zero attached hydrogens (tertiary/aromatic N) is 2. The van der Waals surface area contributed by atoms with Crippen LogP contribution in [-0.4, -0.2) is 47.8 Å². The van der Waals surface area contributed by atoms with Crippen LogP contribution in [0, 0.1) is 11.8 Å². The molecule has 0 aromatic heterocycles. The lowest BCUT2D eigenvalue weighted by molar-refractivity contribution is -0.117. The fraction of sp³-hybridized carbons (Fsp3) is 0.833. The first-order valence-corrected chi connectivity index (χ1v) is 6.29. The van der Waals surface area contributed by atoms with Crippen LogP contribution < -0.4 is 0 Å². The van der Waals surface area contributed by atoms with E-state index in [4.69, 9.17) is 0 Å². The van der Waals surface area contributed by atoms with Gasteiger partial charge in [-0.05, 0) is 24.7 Å². The van der Waals surface area contributed by atoms with Gasteiger partial charge >= 0.3 is 6.03 Å². The molecule has 2 atom stereocenters. The Hall–Kier alpha value is -1.06. The van der Waals surface area contributed by atoms with E-state index < -0.39 is 0 Å². The minimum atomic E-state index is 0.208. The molecule has 2 amide bonds. The third-order valence-corrected chi connectivity index (χ3v) is 4.20. The minimum Gasteiger partial charge on any atom is -0.325 e. The van der Waals surface area contributed by atoms with E-state index in [0.717, 1.165) is 39.0 Å². The van der Waals surface area contributed by atoms with Gasteiger partial charge in [0.2, 0.25) is 0 Å². The van der Waals surface area contributed by atoms with E-state index in [-0.39, 0.29) is 6.03 Å². The predicted molar refractivity (Wildman–Crippen MR) is 59.0 cm³/mol. The molecule has 0 N–H and O–H groups in total. The number of carbonyl (C=O) groups is 2. The van der Waals surface area contributed by atoms with E-state index in [1.54, 1.807) is 0 Å². The van der Waals surface area contributed by atoms with Crippen molar-refractivity contribution >= 4 is 11.8 Å². The van der Waals surface area contributed by atoms with Crippen LogP contribution in [0.2, 0.25) is 0 Å². The van der Waals surface area contributed by atoms with Crippen LogP contribution >= 0.6 is 0 Å². The number of fused-ring (bicyclic) bond motifs is 1. The topological polar surface area (TPSA) is 40.6 Å². The fourth-order valence-electron chi connectivity index (χ4n) is 3.33. The average Bonchev–Trinajstić information content (AvgIpc) is 2.89. The maximum atomic E-state index is 12.1. The first-order valence-electron chi connectivity index (χ1n) is 6.29. The van der Waals surface area contributed by atoms with Gasteiger partial charge in [-0.2, -0.15) is 0 Å². The Labute approximate surface area is 95.6 Å². The van der Waals surface area contributed by atoms with Gasteiger partial charge < -0.3 is 9.80 Å². The lowest BCUT2D eigenvalue weighted by atomic mass is 10.0. The molecule has 3 rings (SSSR count). The number of amides is 2. The van der Waals surface area contributed by atoms with Crippen molar-refractivity contribution in [2.24, 2.45) is 11.8 Å². The lowest BCUT2D eigenvalue weighted by Gasteiger charge is -2.24. The first kappa shape index (κ1) is 10.1. The number of Topliss-reactive ketones (excluding diaryl/α,β-unsaturated/α-hetero) is 1. The molecule has 1 saturated carbocycles. The molecule has 2 heterocycles. The summed E-state index contributed by atoms with van der Waals surface area (Å²) in [6.45, 7) is 3.46. The van der Waals surface area contributed by atoms with Crippen LogP contribution in [0.4, 0.5) is 4.79 Å². The summed E-state index contributed by atoms with van der Waals surface area (Å²) in [5.41, 5.74) is 0. The molecule has 0 spiro atoms. The molecular formula is C12H18N2O2. The zero-order valence-corrected chi connectivity index (χ0v) is 9.52. The maximum absolute atomic E-state index is 12.1. The third kappa shape index (κ3) is 1.60. The molecular weight excluding hydrogens is 204 g/mol. The zero-order valence-electron chi connectivity index (χ0n) is 9.52. The van der Waals surface area contributed by atoms with Crippen molar-refractivity contribution in [1.29, 1.82) is 0 Å². The van der Waals surface area contributed by atoms with Crippen LogP contribution in [0.3, 0.4) is 0 Å². The smallest absolute Gasteiger partial charge is 0.320 e. The van der Waals surface area contributed by atoms with E-state index >= 15 is 0 Å². The van der Waals surface area contributed by atoms with E-state index in [0.29, 0.717) is 30.5 Å². The summed E-state index contributed by atoms with van der Waals surface area (Å²) in [5.74, 6) is 1.31. The Balaban J connectivity index is 1.62. The number of hydrogen-bond acceptors (Lipinski definition) is 2. The number of likely N-dealkylation sites (tertiary alicyclic amines) is 2. The summed E-state index contributed by atoms with van der Waals surface area (Å²) >= 11 is 0. The maximum Gasteiger partial charge on any atom is 0.320 e. The first-order chi connectivity index (χ1) is 7.74. The van der Waals surface area contributed by atoms with Gasteiger partial charge in [-0.25, -0.2) is 4.79 Å². The van der Waals surface area contributed by atoms with E-state index in [1.807, 2.05) is 9.80 Å². The molecule has 0 radical (unpaired) electrons. The second-order valence-corrected chi connectivity index (χ2v) is 5.35. The molecule has 16 heavy (non-hydrogen) atoms. The van der Waals surface area contributed by atoms with E-state index in [1.165, 1.54) is 0 Å². The molecule has 0 unspecified atom stereocenters. The minimum absolute atomic E-state index is 0.208. The summed E-state index contributed by atoms with van der Waals surface area (Å²) < 4.78 is 0. The van der Waals surface area contributed by atoms with Gasteiger partial charge in [0.15, 0.2) is 0 Å². The zero-order chi connectivity index (χ0) is 11.1. The summed E-state index contributed by atoms with van der Waals surface area (Å²) in [7, 11) is 0. The van der Waals surface area contributed by atoms with Crippen molar-refractivity contribution in [2.75, 3.05) is 26.2 Å². The van der Waals surface area contributed by atoms with Gasteiger partial charge in [-0.3, -0.25) is 4.79 Å². The van der Waals surface area contributed by atoms with Crippen molar-refractivity contribution in [3.8, 4) is 0 Å². The molecule has 4 nitrogen and oxygen atoms in total. The number of hydrogen-bond donors (Lipinski definition) is 0. The molecule has 0 bridgehead atoms. The van der Waals surface area contributed by atoms with Crippen LogP contribution in [0.15, 0.2) is 0 Å². The SMILES string of the molecule is O=C1C[C@@H]2CN(C(=O)N3CCCC3)C[C@@H]2C1. The molecule has 4 heteroatoms. The quantitative estimate of drug-likeness (QED) is 0.616. The molecule has 0 aromatic carbocycles. The normalized spacial score (nSPS) is 33.6. The van der Waals surface area contributed by atoms with Gasteiger partial charge in [0.1, 0.15) is 5.78 Å². The Morgan fingerprint density at radius 2 is 1.56 bits per heavy atom. The summed E-state index contributed by atoms with van der Waals surface area (Å²) in [5, 5.41) is 0. The third-order valence-electron chi connectivity index (χ3n) is 4.20. The second-order valence-electron chi connectivity index (χ2n) is 5.35. The Kier molecular flexibility index (Phi) is 2.37. The molecule has 1 aliphatic carbocycles. The Morgan fingerprint density at radius 3 is 2.12 bits per heavy atom. The molecule has 0 aromatic rings. The largest absolute Gasteiger partial charge is 0.325 e. The van der Waals surface area contributed by atoms with Crippen LogP contribution in [0.5, 0.6) is 0 Å². The molecule has 2 aliphatic heterocycles. The van der Waals surface area contributed by atoms with Crippen LogP contribution in [0.1, 0.15) is 25.7 Å². The summed E-state index contributed by atoms with van der Waals surface area (Å²) in [6.07, 6.45) is 3.69. The molecule has 2 saturated heterocycles. The highest BCUT2D eigenvalue weighted by molar-refractivity contribution is 5.82. The predicted octanol–water partition coefficient (Wildman–Crippen LogP) is 1.11. The monoisotopic (exact) mass is 222 g/mol. The number of rotatable bonds is 0. The van der Waals surface area contributed by atoms with Crippen molar-refractivity contribution in [1.82, 2.24) is 9.80 Å². The van der Waals surface area contributed by atoms with Gasteiger partial charge in [0, 0.05) is 39.0 Å². The van der Waals surface area contributed by atoms with Gasteiger partial charge in [-0.15, -0.1) is 0 Å². The molecule has 88 valence electrons. The highest BCUT2D eigenvalue weighted by Gasteiger charge is 2.42. The van der Waals surface area contributed by atoms with Crippen molar-refractivity contribution in [2.45, 2.75) is 25.7 Å². The van der Waals surface area contributed by atoms with Gasteiger partial charge in [0.05, 0.1) is 0 Å².